The van der Waals surface area contributed by atoms with Gasteiger partial charge in [0.2, 0.25) is 5.24 Å². The molecular weight excluding hydrogens is 266 g/mol. The lowest BCUT2D eigenvalue weighted by molar-refractivity contribution is -0.123. The lowest BCUT2D eigenvalue weighted by Crippen LogP contribution is -2.52. The summed E-state index contributed by atoms with van der Waals surface area (Å²) in [5, 5.41) is -0.446. The van der Waals surface area contributed by atoms with Gasteiger partial charge < -0.3 is 4.74 Å². The van der Waals surface area contributed by atoms with E-state index in [2.05, 4.69) is 0 Å². The summed E-state index contributed by atoms with van der Waals surface area (Å²) >= 11 is 5.63. The van der Waals surface area contributed by atoms with E-state index in [0.29, 0.717) is 25.3 Å². The van der Waals surface area contributed by atoms with Crippen molar-refractivity contribution in [3.63, 3.8) is 0 Å². The molecule has 0 aromatic heterocycles. The molecule has 0 N–H and O–H groups in total. The van der Waals surface area contributed by atoms with E-state index in [1.165, 1.54) is 4.90 Å². The fourth-order valence-corrected chi connectivity index (χ4v) is 3.25. The van der Waals surface area contributed by atoms with Crippen LogP contribution in [0.4, 0.5) is 4.79 Å². The molecule has 1 amide bonds. The maximum atomic E-state index is 12.1. The van der Waals surface area contributed by atoms with E-state index < -0.39 is 16.9 Å². The highest BCUT2D eigenvalue weighted by Gasteiger charge is 2.62. The summed E-state index contributed by atoms with van der Waals surface area (Å²) in [4.78, 5) is 25.1. The predicted molar refractivity (Wildman–Crippen MR) is 69.6 cm³/mol. The largest absolute Gasteiger partial charge is 0.445 e. The second-order valence-electron chi connectivity index (χ2n) is 5.23. The Morgan fingerprint density at radius 1 is 1.32 bits per heavy atom. The summed E-state index contributed by atoms with van der Waals surface area (Å²) < 4.78 is 5.26. The standard InChI is InChI=1S/C14H14ClNO3/c15-12(17)14-6-11(7-14)8-16(14)13(18)19-9-10-4-2-1-3-5-10/h1-5,11H,6-9H2. The molecule has 0 spiro atoms. The summed E-state index contributed by atoms with van der Waals surface area (Å²) in [7, 11) is 0. The van der Waals surface area contributed by atoms with Crippen molar-refractivity contribution < 1.29 is 14.3 Å². The highest BCUT2D eigenvalue weighted by molar-refractivity contribution is 6.66. The zero-order valence-corrected chi connectivity index (χ0v) is 11.1. The molecule has 0 radical (unpaired) electrons. The Kier molecular flexibility index (Phi) is 2.97. The summed E-state index contributed by atoms with van der Waals surface area (Å²) in [6.07, 6.45) is 0.906. The van der Waals surface area contributed by atoms with E-state index in [-0.39, 0.29) is 6.61 Å². The van der Waals surface area contributed by atoms with Crippen molar-refractivity contribution in [2.45, 2.75) is 25.0 Å². The molecule has 1 saturated carbocycles. The number of nitrogens with zero attached hydrogens (tertiary/aromatic N) is 1. The van der Waals surface area contributed by atoms with E-state index in [9.17, 15) is 9.59 Å². The number of halogens is 1. The van der Waals surface area contributed by atoms with Gasteiger partial charge in [-0.1, -0.05) is 30.3 Å². The van der Waals surface area contributed by atoms with Gasteiger partial charge in [0, 0.05) is 6.54 Å². The fraction of sp³-hybridized carbons (Fsp3) is 0.429. The van der Waals surface area contributed by atoms with Crippen LogP contribution in [-0.4, -0.2) is 28.3 Å². The molecule has 3 aliphatic rings. The minimum atomic E-state index is -0.792. The van der Waals surface area contributed by atoms with Gasteiger partial charge in [-0.05, 0) is 35.9 Å². The summed E-state index contributed by atoms with van der Waals surface area (Å²) in [6, 6.07) is 9.46. The van der Waals surface area contributed by atoms with E-state index in [4.69, 9.17) is 16.3 Å². The number of benzene rings is 1. The first kappa shape index (κ1) is 12.5. The lowest BCUT2D eigenvalue weighted by Gasteiger charge is -2.37. The summed E-state index contributed by atoms with van der Waals surface area (Å²) in [6.45, 7) is 0.791. The molecule has 2 aliphatic heterocycles. The van der Waals surface area contributed by atoms with Crippen molar-refractivity contribution >= 4 is 22.9 Å². The molecule has 0 unspecified atom stereocenters. The number of hydrogen-bond acceptors (Lipinski definition) is 3. The maximum Gasteiger partial charge on any atom is 0.410 e. The second-order valence-corrected chi connectivity index (χ2v) is 5.57. The third-order valence-corrected chi connectivity index (χ3v) is 4.35. The van der Waals surface area contributed by atoms with Crippen LogP contribution < -0.4 is 0 Å². The highest BCUT2D eigenvalue weighted by atomic mass is 35.5. The fourth-order valence-electron chi connectivity index (χ4n) is 2.99. The number of rotatable bonds is 3. The van der Waals surface area contributed by atoms with E-state index in [0.717, 1.165) is 5.56 Å². The van der Waals surface area contributed by atoms with Gasteiger partial charge >= 0.3 is 6.09 Å². The van der Waals surface area contributed by atoms with Crippen molar-refractivity contribution in [2.75, 3.05) is 6.54 Å². The van der Waals surface area contributed by atoms with Gasteiger partial charge in [-0.2, -0.15) is 0 Å². The first-order valence-corrected chi connectivity index (χ1v) is 6.68. The van der Waals surface area contributed by atoms with E-state index >= 15 is 0 Å². The van der Waals surface area contributed by atoms with Gasteiger partial charge in [0.25, 0.3) is 0 Å². The van der Waals surface area contributed by atoms with Gasteiger partial charge in [-0.3, -0.25) is 9.69 Å². The molecule has 2 saturated heterocycles. The topological polar surface area (TPSA) is 46.6 Å². The molecule has 4 nitrogen and oxygen atoms in total. The Morgan fingerprint density at radius 3 is 2.63 bits per heavy atom. The lowest BCUT2D eigenvalue weighted by atomic mass is 9.74. The van der Waals surface area contributed by atoms with Gasteiger partial charge in [0.1, 0.15) is 12.1 Å². The monoisotopic (exact) mass is 279 g/mol. The van der Waals surface area contributed by atoms with Crippen LogP contribution in [0.5, 0.6) is 0 Å². The van der Waals surface area contributed by atoms with Crippen LogP contribution in [0.3, 0.4) is 0 Å². The number of ether oxygens (including phenoxy) is 1. The van der Waals surface area contributed by atoms with Crippen LogP contribution in [0.15, 0.2) is 30.3 Å². The smallest absolute Gasteiger partial charge is 0.410 e. The molecule has 1 aromatic carbocycles. The molecule has 19 heavy (non-hydrogen) atoms. The third-order valence-electron chi connectivity index (χ3n) is 4.00. The van der Waals surface area contributed by atoms with E-state index in [1.807, 2.05) is 30.3 Å². The highest BCUT2D eigenvalue weighted by Crippen LogP contribution is 2.51. The van der Waals surface area contributed by atoms with Crippen molar-refractivity contribution in [3.05, 3.63) is 35.9 Å². The normalized spacial score (nSPS) is 27.8. The Morgan fingerprint density at radius 2 is 2.00 bits per heavy atom. The van der Waals surface area contributed by atoms with Gasteiger partial charge in [-0.15, -0.1) is 0 Å². The molecule has 3 fully saturated rings. The van der Waals surface area contributed by atoms with Crippen LogP contribution in [0.1, 0.15) is 18.4 Å². The van der Waals surface area contributed by atoms with Crippen molar-refractivity contribution in [2.24, 2.45) is 5.92 Å². The van der Waals surface area contributed by atoms with Crippen LogP contribution >= 0.6 is 11.6 Å². The Labute approximate surface area is 116 Å². The minimum Gasteiger partial charge on any atom is -0.445 e. The first-order chi connectivity index (χ1) is 9.12. The number of carbonyl (C=O) groups excluding carboxylic acids is 2. The average molecular weight is 280 g/mol. The summed E-state index contributed by atoms with van der Waals surface area (Å²) in [5.74, 6) is 0.395. The van der Waals surface area contributed by atoms with Crippen LogP contribution in [0, 0.1) is 5.92 Å². The Balaban J connectivity index is 1.64. The quantitative estimate of drug-likeness (QED) is 0.799. The average Bonchev–Trinajstić information content (AvgIpc) is 2.93. The zero-order chi connectivity index (χ0) is 13.5. The Hall–Kier alpha value is -1.55. The SMILES string of the molecule is O=C(OCc1ccccc1)N1CC2CC1(C(=O)Cl)C2. The third kappa shape index (κ3) is 2.00. The molecule has 0 atom stereocenters. The van der Waals surface area contributed by atoms with Crippen molar-refractivity contribution in [3.8, 4) is 0 Å². The van der Waals surface area contributed by atoms with Crippen molar-refractivity contribution in [1.29, 1.82) is 0 Å². The number of carbonyl (C=O) groups is 2. The molecular formula is C14H14ClNO3. The van der Waals surface area contributed by atoms with Gasteiger partial charge in [-0.25, -0.2) is 4.79 Å². The number of amides is 1. The van der Waals surface area contributed by atoms with Gasteiger partial charge in [0.05, 0.1) is 0 Å². The predicted octanol–water partition coefficient (Wildman–Crippen LogP) is 2.55. The molecule has 2 bridgehead atoms. The molecule has 2 heterocycles. The molecule has 1 aliphatic carbocycles. The Bertz CT molecular complexity index is 511. The van der Waals surface area contributed by atoms with Crippen LogP contribution in [-0.2, 0) is 16.1 Å². The molecule has 100 valence electrons. The van der Waals surface area contributed by atoms with Crippen LogP contribution in [0.2, 0.25) is 0 Å². The number of fused-ring (bicyclic) bond motifs is 1. The second kappa shape index (κ2) is 4.53. The van der Waals surface area contributed by atoms with Gasteiger partial charge in [0.15, 0.2) is 0 Å². The summed E-state index contributed by atoms with van der Waals surface area (Å²) in [5.41, 5.74) is 0.133. The van der Waals surface area contributed by atoms with E-state index in [1.54, 1.807) is 0 Å². The number of hydrogen-bond donors (Lipinski definition) is 0. The zero-order valence-electron chi connectivity index (χ0n) is 10.3. The first-order valence-electron chi connectivity index (χ1n) is 6.30. The molecule has 4 rings (SSSR count). The minimum absolute atomic E-state index is 0.216. The maximum absolute atomic E-state index is 12.1. The molecule has 1 aromatic rings. The van der Waals surface area contributed by atoms with Crippen LogP contribution in [0.25, 0.3) is 0 Å². The van der Waals surface area contributed by atoms with Crippen molar-refractivity contribution in [1.82, 2.24) is 4.90 Å². The molecule has 5 heteroatoms.